The molecule has 31 heavy (non-hydrogen) atoms. The molecule has 11 heteroatoms. The predicted molar refractivity (Wildman–Crippen MR) is 119 cm³/mol. The number of thioether (sulfide) groups is 1. The Morgan fingerprint density at radius 3 is 2.65 bits per heavy atom. The summed E-state index contributed by atoms with van der Waals surface area (Å²) in [6.45, 7) is 1.78. The highest BCUT2D eigenvalue weighted by molar-refractivity contribution is 7.98. The number of amides is 1. The molecule has 3 aromatic rings. The summed E-state index contributed by atoms with van der Waals surface area (Å²) in [6.07, 6.45) is 2.17. The van der Waals surface area contributed by atoms with E-state index < -0.39 is 10.8 Å². The van der Waals surface area contributed by atoms with Gasteiger partial charge in [0, 0.05) is 41.1 Å². The van der Waals surface area contributed by atoms with Crippen molar-refractivity contribution >= 4 is 40.9 Å². The van der Waals surface area contributed by atoms with Crippen molar-refractivity contribution in [3.8, 4) is 5.69 Å². The second-order valence-corrected chi connectivity index (χ2v) is 8.42. The number of halogens is 1. The van der Waals surface area contributed by atoms with Crippen LogP contribution in [0.1, 0.15) is 28.8 Å². The number of nitro groups is 1. The van der Waals surface area contributed by atoms with Gasteiger partial charge < -0.3 is 10.6 Å². The van der Waals surface area contributed by atoms with Gasteiger partial charge in [-0.2, -0.15) is 0 Å². The zero-order valence-electron chi connectivity index (χ0n) is 16.4. The fraction of sp³-hybridized carbons (Fsp3) is 0.250. The van der Waals surface area contributed by atoms with Gasteiger partial charge in [-0.3, -0.25) is 19.5 Å². The van der Waals surface area contributed by atoms with Crippen LogP contribution in [0, 0.1) is 10.1 Å². The number of nitrogens with zero attached hydrogens (tertiary/aromatic N) is 5. The van der Waals surface area contributed by atoms with Crippen LogP contribution in [0.5, 0.6) is 0 Å². The molecule has 1 aliphatic heterocycles. The molecule has 0 saturated carbocycles. The molecule has 2 heterocycles. The molecule has 1 saturated heterocycles. The number of rotatable bonds is 7. The van der Waals surface area contributed by atoms with Crippen molar-refractivity contribution < 1.29 is 9.72 Å². The van der Waals surface area contributed by atoms with E-state index in [-0.39, 0.29) is 17.0 Å². The summed E-state index contributed by atoms with van der Waals surface area (Å²) >= 11 is 7.53. The second-order valence-electron chi connectivity index (χ2n) is 7.05. The zero-order valence-corrected chi connectivity index (χ0v) is 18.0. The maximum Gasteiger partial charge on any atom is 0.274 e. The molecule has 0 aliphatic carbocycles. The van der Waals surface area contributed by atoms with Gasteiger partial charge >= 0.3 is 0 Å². The fourth-order valence-electron chi connectivity index (χ4n) is 3.47. The number of carbonyl (C=O) groups excluding carboxylic acids is 1. The Kier molecular flexibility index (Phi) is 6.10. The van der Waals surface area contributed by atoms with E-state index in [0.29, 0.717) is 15.7 Å². The number of benzene rings is 2. The molecule has 4 rings (SSSR count). The minimum atomic E-state index is -0.710. The highest BCUT2D eigenvalue weighted by Crippen LogP contribution is 2.33. The van der Waals surface area contributed by atoms with E-state index in [1.807, 2.05) is 22.8 Å². The number of carbonyl (C=O) groups is 1. The van der Waals surface area contributed by atoms with Crippen LogP contribution in [0.25, 0.3) is 5.69 Å². The first-order valence-electron chi connectivity index (χ1n) is 9.60. The topological polar surface area (TPSA) is 120 Å². The number of hydrogen-bond acceptors (Lipinski definition) is 7. The van der Waals surface area contributed by atoms with Crippen LogP contribution in [-0.2, 0) is 5.75 Å². The molecule has 2 aromatic carbocycles. The van der Waals surface area contributed by atoms with Crippen LogP contribution < -0.4 is 10.6 Å². The first-order chi connectivity index (χ1) is 14.9. The Morgan fingerprint density at radius 1 is 1.19 bits per heavy atom. The van der Waals surface area contributed by atoms with Crippen molar-refractivity contribution in [2.24, 2.45) is 5.73 Å². The molecule has 1 aromatic heterocycles. The molecule has 0 bridgehead atoms. The van der Waals surface area contributed by atoms with Crippen LogP contribution in [-0.4, -0.2) is 38.7 Å². The maximum absolute atomic E-state index is 11.5. The summed E-state index contributed by atoms with van der Waals surface area (Å²) in [5.41, 5.74) is 6.48. The number of hydrogen-bond donors (Lipinski definition) is 1. The first-order valence-corrected chi connectivity index (χ1v) is 11.0. The SMILES string of the molecule is NC(=O)c1ccc(CSc2nnc(N3CCCC3)n2-c2cccc(Cl)c2)c([N+](=O)[O-])c1. The summed E-state index contributed by atoms with van der Waals surface area (Å²) in [4.78, 5) is 24.5. The molecular weight excluding hydrogens is 440 g/mol. The highest BCUT2D eigenvalue weighted by Gasteiger charge is 2.24. The molecule has 2 N–H and O–H groups in total. The van der Waals surface area contributed by atoms with Crippen molar-refractivity contribution in [2.45, 2.75) is 23.8 Å². The fourth-order valence-corrected chi connectivity index (χ4v) is 4.60. The van der Waals surface area contributed by atoms with Gasteiger partial charge in [-0.25, -0.2) is 0 Å². The molecule has 0 spiro atoms. The number of primary amides is 1. The zero-order chi connectivity index (χ0) is 22.0. The van der Waals surface area contributed by atoms with E-state index >= 15 is 0 Å². The van der Waals surface area contributed by atoms with E-state index in [9.17, 15) is 14.9 Å². The van der Waals surface area contributed by atoms with E-state index in [4.69, 9.17) is 17.3 Å². The predicted octanol–water partition coefficient (Wildman–Crippen LogP) is 3.82. The van der Waals surface area contributed by atoms with Crippen molar-refractivity contribution in [3.05, 3.63) is 68.7 Å². The smallest absolute Gasteiger partial charge is 0.274 e. The Labute approximate surface area is 187 Å². The van der Waals surface area contributed by atoms with Gasteiger partial charge in [0.25, 0.3) is 5.69 Å². The number of anilines is 1. The maximum atomic E-state index is 11.5. The van der Waals surface area contributed by atoms with E-state index in [0.717, 1.165) is 37.6 Å². The van der Waals surface area contributed by atoms with Crippen LogP contribution in [0.3, 0.4) is 0 Å². The van der Waals surface area contributed by atoms with Crippen molar-refractivity contribution in [1.82, 2.24) is 14.8 Å². The van der Waals surface area contributed by atoms with Gasteiger partial charge in [-0.15, -0.1) is 10.2 Å². The standard InChI is InChI=1S/C20H19ClN6O3S/c21-15-4-3-5-16(11-15)26-19(25-8-1-2-9-25)23-24-20(26)31-12-14-7-6-13(18(22)28)10-17(14)27(29)30/h3-7,10-11H,1-2,8-9,12H2,(H2,22,28). The van der Waals surface area contributed by atoms with Crippen molar-refractivity contribution in [3.63, 3.8) is 0 Å². The Hall–Kier alpha value is -3.11. The molecule has 0 radical (unpaired) electrons. The molecule has 1 fully saturated rings. The summed E-state index contributed by atoms with van der Waals surface area (Å²) in [7, 11) is 0. The third kappa shape index (κ3) is 4.49. The summed E-state index contributed by atoms with van der Waals surface area (Å²) in [5.74, 6) is 0.285. The molecule has 0 atom stereocenters. The van der Waals surface area contributed by atoms with Gasteiger partial charge in [0.05, 0.1) is 10.6 Å². The van der Waals surface area contributed by atoms with Crippen LogP contribution in [0.15, 0.2) is 47.6 Å². The molecule has 1 aliphatic rings. The lowest BCUT2D eigenvalue weighted by Gasteiger charge is -2.18. The van der Waals surface area contributed by atoms with Gasteiger partial charge in [0.15, 0.2) is 5.16 Å². The highest BCUT2D eigenvalue weighted by atomic mass is 35.5. The summed E-state index contributed by atoms with van der Waals surface area (Å²) in [6, 6.07) is 11.6. The Balaban J connectivity index is 1.68. The Morgan fingerprint density at radius 2 is 1.97 bits per heavy atom. The number of nitrogens with two attached hydrogens (primary N) is 1. The van der Waals surface area contributed by atoms with E-state index in [1.54, 1.807) is 12.1 Å². The second kappa shape index (κ2) is 8.94. The van der Waals surface area contributed by atoms with Crippen LogP contribution >= 0.6 is 23.4 Å². The van der Waals surface area contributed by atoms with E-state index in [1.165, 1.54) is 23.9 Å². The number of aromatic nitrogens is 3. The van der Waals surface area contributed by atoms with E-state index in [2.05, 4.69) is 15.1 Å². The van der Waals surface area contributed by atoms with Gasteiger partial charge in [-0.05, 0) is 37.1 Å². The quantitative estimate of drug-likeness (QED) is 0.324. The minimum Gasteiger partial charge on any atom is -0.366 e. The van der Waals surface area contributed by atoms with Crippen LogP contribution in [0.4, 0.5) is 11.6 Å². The van der Waals surface area contributed by atoms with Gasteiger partial charge in [-0.1, -0.05) is 35.5 Å². The van der Waals surface area contributed by atoms with Crippen molar-refractivity contribution in [1.29, 1.82) is 0 Å². The average molecular weight is 459 g/mol. The molecular formula is C20H19ClN6O3S. The lowest BCUT2D eigenvalue weighted by atomic mass is 10.1. The summed E-state index contributed by atoms with van der Waals surface area (Å²) < 4.78 is 1.92. The lowest BCUT2D eigenvalue weighted by molar-refractivity contribution is -0.385. The average Bonchev–Trinajstić information content (AvgIpc) is 3.41. The number of nitro benzene ring substituents is 1. The van der Waals surface area contributed by atoms with Gasteiger partial charge in [0.2, 0.25) is 11.9 Å². The summed E-state index contributed by atoms with van der Waals surface area (Å²) in [5, 5.41) is 21.4. The molecule has 1 amide bonds. The molecule has 0 unspecified atom stereocenters. The minimum absolute atomic E-state index is 0.0962. The molecule has 160 valence electrons. The monoisotopic (exact) mass is 458 g/mol. The lowest BCUT2D eigenvalue weighted by Crippen LogP contribution is -2.22. The largest absolute Gasteiger partial charge is 0.366 e. The van der Waals surface area contributed by atoms with Gasteiger partial charge in [0.1, 0.15) is 0 Å². The molecule has 9 nitrogen and oxygen atoms in total. The van der Waals surface area contributed by atoms with Crippen LogP contribution in [0.2, 0.25) is 5.02 Å². The van der Waals surface area contributed by atoms with Crippen molar-refractivity contribution in [2.75, 3.05) is 18.0 Å². The Bertz CT molecular complexity index is 1150. The normalized spacial score (nSPS) is 13.5. The first kappa shape index (κ1) is 21.1. The third-order valence-corrected chi connectivity index (χ3v) is 6.21. The third-order valence-electron chi connectivity index (χ3n) is 4.99.